The largest absolute Gasteiger partial charge is 0.449 e. The van der Waals surface area contributed by atoms with Crippen LogP contribution in [0.3, 0.4) is 0 Å². The van der Waals surface area contributed by atoms with Crippen molar-refractivity contribution in [3.63, 3.8) is 0 Å². The summed E-state index contributed by atoms with van der Waals surface area (Å²) in [5, 5.41) is 2.88. The molecule has 1 fully saturated rings. The number of unbranched alkanes of at least 4 members (excludes halogenated alkanes) is 1. The number of hydrogen-bond acceptors (Lipinski definition) is 9. The van der Waals surface area contributed by atoms with Crippen LogP contribution < -0.4 is 19.7 Å². The molecule has 38 heavy (non-hydrogen) atoms. The summed E-state index contributed by atoms with van der Waals surface area (Å²) in [7, 11) is 0. The van der Waals surface area contributed by atoms with Crippen LogP contribution in [0.4, 0.5) is 10.6 Å². The average molecular weight is 522 g/mol. The highest BCUT2D eigenvalue weighted by atomic mass is 16.7. The maximum absolute atomic E-state index is 13.0. The summed E-state index contributed by atoms with van der Waals surface area (Å²) in [6, 6.07) is 8.78. The number of piperazine rings is 1. The monoisotopic (exact) mass is 521 g/mol. The second-order valence-corrected chi connectivity index (χ2v) is 9.07. The molecule has 2 aliphatic rings. The SMILES string of the molecule is CCCCOC(=O)N1CCN(c2ccnc(-n3ccnc3)n2)CC1CC(=O)NCC1Oc2ccccc2O1. The van der Waals surface area contributed by atoms with Gasteiger partial charge in [0.15, 0.2) is 11.5 Å². The summed E-state index contributed by atoms with van der Waals surface area (Å²) in [6.07, 6.45) is 7.55. The van der Waals surface area contributed by atoms with E-state index < -0.39 is 18.4 Å². The minimum atomic E-state index is -0.600. The highest BCUT2D eigenvalue weighted by Gasteiger charge is 2.34. The van der Waals surface area contributed by atoms with Gasteiger partial charge in [0.2, 0.25) is 11.9 Å². The fourth-order valence-corrected chi connectivity index (χ4v) is 4.40. The van der Waals surface area contributed by atoms with Crippen LogP contribution in [-0.4, -0.2) is 81.5 Å². The summed E-state index contributed by atoms with van der Waals surface area (Å²) in [5.41, 5.74) is 0. The first-order valence-electron chi connectivity index (χ1n) is 12.8. The average Bonchev–Trinajstić information content (AvgIpc) is 3.62. The Bertz CT molecular complexity index is 1210. The molecule has 5 rings (SSSR count). The Hall–Kier alpha value is -4.35. The lowest BCUT2D eigenvalue weighted by molar-refractivity contribution is -0.123. The van der Waals surface area contributed by atoms with E-state index in [0.29, 0.717) is 49.5 Å². The number of benzene rings is 1. The van der Waals surface area contributed by atoms with Gasteiger partial charge in [-0.3, -0.25) is 9.36 Å². The van der Waals surface area contributed by atoms with Gasteiger partial charge < -0.3 is 29.3 Å². The molecule has 0 saturated carbocycles. The topological polar surface area (TPSA) is 124 Å². The number of amides is 2. The van der Waals surface area contributed by atoms with Crippen LogP contribution in [0.25, 0.3) is 5.95 Å². The van der Waals surface area contributed by atoms with Gasteiger partial charge in [-0.25, -0.2) is 14.8 Å². The number of nitrogens with one attached hydrogen (secondary N) is 1. The number of hydrogen-bond donors (Lipinski definition) is 1. The number of fused-ring (bicyclic) bond motifs is 1. The van der Waals surface area contributed by atoms with E-state index in [0.717, 1.165) is 12.8 Å². The Morgan fingerprint density at radius 1 is 1.13 bits per heavy atom. The number of rotatable bonds is 9. The molecule has 12 nitrogen and oxygen atoms in total. The predicted molar refractivity (Wildman–Crippen MR) is 137 cm³/mol. The van der Waals surface area contributed by atoms with Crippen molar-refractivity contribution in [2.45, 2.75) is 38.5 Å². The molecule has 1 unspecified atom stereocenters. The maximum Gasteiger partial charge on any atom is 0.410 e. The quantitative estimate of drug-likeness (QED) is 0.423. The van der Waals surface area contributed by atoms with Crippen molar-refractivity contribution in [3.8, 4) is 17.4 Å². The first kappa shape index (κ1) is 25.3. The lowest BCUT2D eigenvalue weighted by atomic mass is 10.1. The third kappa shape index (κ3) is 5.96. The molecule has 3 aromatic rings. The van der Waals surface area contributed by atoms with Crippen LogP contribution in [0, 0.1) is 0 Å². The molecule has 1 N–H and O–H groups in total. The first-order chi connectivity index (χ1) is 18.6. The molecule has 4 heterocycles. The van der Waals surface area contributed by atoms with E-state index in [-0.39, 0.29) is 18.9 Å². The summed E-state index contributed by atoms with van der Waals surface area (Å²) < 4.78 is 18.7. The van der Waals surface area contributed by atoms with Gasteiger partial charge in [0.1, 0.15) is 12.1 Å². The normalized spacial score (nSPS) is 16.9. The number of anilines is 1. The molecule has 0 aliphatic carbocycles. The van der Waals surface area contributed by atoms with E-state index in [2.05, 4.69) is 25.2 Å². The third-order valence-electron chi connectivity index (χ3n) is 6.38. The number of carbonyl (C=O) groups is 2. The number of imidazole rings is 1. The zero-order chi connectivity index (χ0) is 26.3. The Kier molecular flexibility index (Phi) is 7.86. The van der Waals surface area contributed by atoms with Crippen LogP contribution in [0.15, 0.2) is 55.2 Å². The minimum Gasteiger partial charge on any atom is -0.449 e. The molecular weight excluding hydrogens is 490 g/mol. The van der Waals surface area contributed by atoms with Gasteiger partial charge in [-0.15, -0.1) is 0 Å². The number of para-hydroxylation sites is 2. The maximum atomic E-state index is 13.0. The van der Waals surface area contributed by atoms with Crippen LogP contribution in [-0.2, 0) is 9.53 Å². The molecule has 1 atom stereocenters. The minimum absolute atomic E-state index is 0.0957. The molecule has 200 valence electrons. The number of carbonyl (C=O) groups excluding carboxylic acids is 2. The number of aromatic nitrogens is 4. The molecule has 2 aliphatic heterocycles. The molecule has 1 saturated heterocycles. The summed E-state index contributed by atoms with van der Waals surface area (Å²) in [6.45, 7) is 3.94. The lowest BCUT2D eigenvalue weighted by Gasteiger charge is -2.41. The van der Waals surface area contributed by atoms with Crippen molar-refractivity contribution in [3.05, 3.63) is 55.2 Å². The van der Waals surface area contributed by atoms with Crippen LogP contribution in [0.2, 0.25) is 0 Å². The van der Waals surface area contributed by atoms with Crippen molar-refractivity contribution >= 4 is 17.8 Å². The van der Waals surface area contributed by atoms with Gasteiger partial charge in [-0.2, -0.15) is 4.98 Å². The van der Waals surface area contributed by atoms with Gasteiger partial charge in [0.05, 0.1) is 19.2 Å². The van der Waals surface area contributed by atoms with E-state index in [1.165, 1.54) is 0 Å². The predicted octanol–water partition coefficient (Wildman–Crippen LogP) is 2.39. The van der Waals surface area contributed by atoms with Crippen LogP contribution >= 0.6 is 0 Å². The summed E-state index contributed by atoms with van der Waals surface area (Å²) >= 11 is 0. The zero-order valence-electron chi connectivity index (χ0n) is 21.2. The smallest absolute Gasteiger partial charge is 0.410 e. The molecule has 12 heteroatoms. The molecule has 0 bridgehead atoms. The molecule has 0 radical (unpaired) electrons. The van der Waals surface area contributed by atoms with Crippen molar-refractivity contribution in [2.24, 2.45) is 0 Å². The van der Waals surface area contributed by atoms with Gasteiger partial charge in [0, 0.05) is 44.6 Å². The van der Waals surface area contributed by atoms with Crippen molar-refractivity contribution in [2.75, 3.05) is 37.7 Å². The van der Waals surface area contributed by atoms with Crippen molar-refractivity contribution in [1.82, 2.24) is 29.7 Å². The Labute approximate surface area is 220 Å². The Morgan fingerprint density at radius 3 is 2.68 bits per heavy atom. The Morgan fingerprint density at radius 2 is 1.95 bits per heavy atom. The van der Waals surface area contributed by atoms with E-state index in [9.17, 15) is 9.59 Å². The molecular formula is C26H31N7O5. The van der Waals surface area contributed by atoms with Gasteiger partial charge >= 0.3 is 6.09 Å². The van der Waals surface area contributed by atoms with E-state index in [4.69, 9.17) is 14.2 Å². The molecule has 2 amide bonds. The second kappa shape index (κ2) is 11.8. The highest BCUT2D eigenvalue weighted by Crippen LogP contribution is 2.33. The Balaban J connectivity index is 1.23. The molecule has 2 aromatic heterocycles. The number of ether oxygens (including phenoxy) is 3. The van der Waals surface area contributed by atoms with Crippen molar-refractivity contribution < 1.29 is 23.8 Å². The first-order valence-corrected chi connectivity index (χ1v) is 12.8. The highest BCUT2D eigenvalue weighted by molar-refractivity contribution is 5.78. The summed E-state index contributed by atoms with van der Waals surface area (Å²) in [4.78, 5) is 42.6. The fraction of sp³-hybridized carbons (Fsp3) is 0.423. The van der Waals surface area contributed by atoms with E-state index >= 15 is 0 Å². The summed E-state index contributed by atoms with van der Waals surface area (Å²) in [5.74, 6) is 2.28. The van der Waals surface area contributed by atoms with Crippen LogP contribution in [0.1, 0.15) is 26.2 Å². The van der Waals surface area contributed by atoms with Crippen molar-refractivity contribution in [1.29, 1.82) is 0 Å². The third-order valence-corrected chi connectivity index (χ3v) is 6.38. The second-order valence-electron chi connectivity index (χ2n) is 9.07. The van der Waals surface area contributed by atoms with E-state index in [1.54, 1.807) is 34.4 Å². The lowest BCUT2D eigenvalue weighted by Crippen LogP contribution is -2.57. The van der Waals surface area contributed by atoms with Gasteiger partial charge in [0.25, 0.3) is 6.29 Å². The molecule has 1 aromatic carbocycles. The zero-order valence-corrected chi connectivity index (χ0v) is 21.2. The van der Waals surface area contributed by atoms with E-state index in [1.807, 2.05) is 37.3 Å². The van der Waals surface area contributed by atoms with Gasteiger partial charge in [-0.05, 0) is 24.6 Å². The van der Waals surface area contributed by atoms with Crippen LogP contribution in [0.5, 0.6) is 11.5 Å². The molecule has 0 spiro atoms. The number of nitrogens with zero attached hydrogens (tertiary/aromatic N) is 6. The fourth-order valence-electron chi connectivity index (χ4n) is 4.40. The van der Waals surface area contributed by atoms with Gasteiger partial charge in [-0.1, -0.05) is 25.5 Å². The standard InChI is InChI=1S/C26H31N7O5/c1-2-3-14-36-26(35)33-13-12-31(22-8-9-28-25(30-22)32-11-10-27-18-32)17-19(33)15-23(34)29-16-24-37-20-6-4-5-7-21(20)38-24/h4-11,18-19,24H,2-3,12-17H2,1H3,(H,29,34).